The van der Waals surface area contributed by atoms with Crippen molar-refractivity contribution in [3.05, 3.63) is 83.2 Å². The van der Waals surface area contributed by atoms with Gasteiger partial charge in [-0.2, -0.15) is 0 Å². The molecular formula is C24H27N5O2. The maximum Gasteiger partial charge on any atom is 0.273 e. The van der Waals surface area contributed by atoms with E-state index in [-0.39, 0.29) is 23.6 Å². The maximum absolute atomic E-state index is 12.9. The number of carbonyl (C=O) groups is 2. The Morgan fingerprint density at radius 3 is 2.61 bits per heavy atom. The zero-order chi connectivity index (χ0) is 21.6. The highest BCUT2D eigenvalue weighted by Gasteiger charge is 2.29. The second kappa shape index (κ2) is 9.55. The van der Waals surface area contributed by atoms with Crippen molar-refractivity contribution >= 4 is 11.8 Å². The van der Waals surface area contributed by atoms with Crippen LogP contribution in [-0.2, 0) is 24.3 Å². The number of hydrogen-bond acceptors (Lipinski definition) is 4. The quantitative estimate of drug-likeness (QED) is 0.641. The number of aromatic nitrogens is 3. The molecule has 2 amide bonds. The molecule has 7 heteroatoms. The van der Waals surface area contributed by atoms with Crippen molar-refractivity contribution in [1.29, 1.82) is 0 Å². The van der Waals surface area contributed by atoms with Crippen molar-refractivity contribution in [2.75, 3.05) is 6.54 Å². The van der Waals surface area contributed by atoms with Crippen LogP contribution in [0, 0.1) is 6.92 Å². The molecule has 1 saturated heterocycles. The van der Waals surface area contributed by atoms with Gasteiger partial charge in [0.15, 0.2) is 5.69 Å². The summed E-state index contributed by atoms with van der Waals surface area (Å²) in [4.78, 5) is 27.2. The van der Waals surface area contributed by atoms with Crippen LogP contribution in [-0.4, -0.2) is 44.3 Å². The number of benzene rings is 2. The third-order valence-corrected chi connectivity index (χ3v) is 5.64. The highest BCUT2D eigenvalue weighted by Crippen LogP contribution is 2.20. The van der Waals surface area contributed by atoms with Gasteiger partial charge in [0.1, 0.15) is 0 Å². The molecule has 160 valence electrons. The zero-order valence-electron chi connectivity index (χ0n) is 17.7. The molecule has 1 N–H and O–H groups in total. The van der Waals surface area contributed by atoms with Gasteiger partial charge in [-0.1, -0.05) is 65.4 Å². The monoisotopic (exact) mass is 417 g/mol. The molecule has 2 heterocycles. The first-order chi connectivity index (χ1) is 15.1. The third-order valence-electron chi connectivity index (χ3n) is 5.64. The first kappa shape index (κ1) is 20.8. The molecule has 0 radical (unpaired) electrons. The summed E-state index contributed by atoms with van der Waals surface area (Å²) in [6.45, 7) is 3.78. The minimum Gasteiger partial charge on any atom is -0.347 e. The van der Waals surface area contributed by atoms with E-state index in [4.69, 9.17) is 0 Å². The topological polar surface area (TPSA) is 80.1 Å². The number of carbonyl (C=O) groups excluding carboxylic acids is 2. The fourth-order valence-electron chi connectivity index (χ4n) is 3.91. The summed E-state index contributed by atoms with van der Waals surface area (Å²) in [5.41, 5.74) is 3.52. The van der Waals surface area contributed by atoms with E-state index in [1.165, 1.54) is 5.56 Å². The molecular weight excluding hydrogens is 390 g/mol. The summed E-state index contributed by atoms with van der Waals surface area (Å²) in [5, 5.41) is 11.0. The number of aryl methyl sites for hydroxylation is 1. The molecule has 1 aliphatic rings. The molecule has 1 atom stereocenters. The van der Waals surface area contributed by atoms with E-state index in [9.17, 15) is 9.59 Å². The molecule has 2 aromatic carbocycles. The van der Waals surface area contributed by atoms with Gasteiger partial charge < -0.3 is 10.2 Å². The van der Waals surface area contributed by atoms with E-state index in [2.05, 4.69) is 15.6 Å². The summed E-state index contributed by atoms with van der Waals surface area (Å²) in [5.74, 6) is -0.124. The van der Waals surface area contributed by atoms with Gasteiger partial charge in [0.05, 0.1) is 25.2 Å². The Kier molecular flexibility index (Phi) is 6.40. The average molecular weight is 418 g/mol. The van der Waals surface area contributed by atoms with Gasteiger partial charge in [-0.3, -0.25) is 9.59 Å². The summed E-state index contributed by atoms with van der Waals surface area (Å²) in [6.07, 6.45) is 3.96. The summed E-state index contributed by atoms with van der Waals surface area (Å²) < 4.78 is 1.67. The number of likely N-dealkylation sites (tertiary alicyclic amines) is 1. The highest BCUT2D eigenvalue weighted by molar-refractivity contribution is 5.91. The van der Waals surface area contributed by atoms with Gasteiger partial charge in [-0.25, -0.2) is 4.68 Å². The standard InChI is InChI=1S/C24H27N5O2/c1-18-9-11-19(12-10-18)14-23(30)29-13-5-8-21(29)16-28-17-22(26-27-28)24(31)25-15-20-6-3-2-4-7-20/h2-4,6-7,9-12,17,21H,5,8,13-16H2,1H3,(H,25,31)/t21-/m0/s1. The first-order valence-electron chi connectivity index (χ1n) is 10.7. The third kappa shape index (κ3) is 5.36. The SMILES string of the molecule is Cc1ccc(CC(=O)N2CCC[C@H]2Cn2cc(C(=O)NCc3ccccc3)nn2)cc1. The molecule has 7 nitrogen and oxygen atoms in total. The largest absolute Gasteiger partial charge is 0.347 e. The minimum atomic E-state index is -0.256. The highest BCUT2D eigenvalue weighted by atomic mass is 16.2. The average Bonchev–Trinajstić information content (AvgIpc) is 3.44. The van der Waals surface area contributed by atoms with Crippen LogP contribution in [0.3, 0.4) is 0 Å². The number of hydrogen-bond donors (Lipinski definition) is 1. The van der Waals surface area contributed by atoms with E-state index >= 15 is 0 Å². The Bertz CT molecular complexity index is 1030. The first-order valence-corrected chi connectivity index (χ1v) is 10.7. The molecule has 0 aliphatic carbocycles. The van der Waals surface area contributed by atoms with Gasteiger partial charge in [0, 0.05) is 13.1 Å². The molecule has 0 spiro atoms. The van der Waals surface area contributed by atoms with Gasteiger partial charge in [-0.05, 0) is 30.9 Å². The lowest BCUT2D eigenvalue weighted by Crippen LogP contribution is -2.39. The van der Waals surface area contributed by atoms with Crippen molar-refractivity contribution in [3.63, 3.8) is 0 Å². The van der Waals surface area contributed by atoms with Crippen LogP contribution in [0.5, 0.6) is 0 Å². The van der Waals surface area contributed by atoms with E-state index in [0.29, 0.717) is 19.5 Å². The van der Waals surface area contributed by atoms with E-state index in [0.717, 1.165) is 30.5 Å². The Balaban J connectivity index is 1.33. The lowest BCUT2D eigenvalue weighted by atomic mass is 10.1. The Morgan fingerprint density at radius 1 is 1.06 bits per heavy atom. The van der Waals surface area contributed by atoms with E-state index < -0.39 is 0 Å². The number of rotatable bonds is 7. The van der Waals surface area contributed by atoms with Crippen LogP contribution in [0.25, 0.3) is 0 Å². The van der Waals surface area contributed by atoms with Crippen LogP contribution in [0.4, 0.5) is 0 Å². The van der Waals surface area contributed by atoms with Crippen molar-refractivity contribution < 1.29 is 9.59 Å². The fourth-order valence-corrected chi connectivity index (χ4v) is 3.91. The second-order valence-corrected chi connectivity index (χ2v) is 8.04. The Morgan fingerprint density at radius 2 is 1.84 bits per heavy atom. The van der Waals surface area contributed by atoms with Gasteiger partial charge >= 0.3 is 0 Å². The van der Waals surface area contributed by atoms with Crippen LogP contribution in [0.2, 0.25) is 0 Å². The molecule has 0 bridgehead atoms. The zero-order valence-corrected chi connectivity index (χ0v) is 17.7. The van der Waals surface area contributed by atoms with Crippen molar-refractivity contribution in [3.8, 4) is 0 Å². The summed E-state index contributed by atoms with van der Waals surface area (Å²) in [6, 6.07) is 17.9. The normalized spacial score (nSPS) is 15.8. The number of nitrogens with one attached hydrogen (secondary N) is 1. The second-order valence-electron chi connectivity index (χ2n) is 8.04. The predicted molar refractivity (Wildman–Crippen MR) is 117 cm³/mol. The molecule has 1 aliphatic heterocycles. The van der Waals surface area contributed by atoms with Gasteiger partial charge in [0.25, 0.3) is 5.91 Å². The lowest BCUT2D eigenvalue weighted by Gasteiger charge is -2.24. The molecule has 3 aromatic rings. The number of amides is 2. The molecule has 31 heavy (non-hydrogen) atoms. The summed E-state index contributed by atoms with van der Waals surface area (Å²) in [7, 11) is 0. The molecule has 0 unspecified atom stereocenters. The Labute approximate surface area is 182 Å². The Hall–Kier alpha value is -3.48. The van der Waals surface area contributed by atoms with Crippen LogP contribution >= 0.6 is 0 Å². The van der Waals surface area contributed by atoms with Crippen LogP contribution in [0.15, 0.2) is 60.8 Å². The molecule has 4 rings (SSSR count). The van der Waals surface area contributed by atoms with Crippen molar-refractivity contribution in [2.45, 2.75) is 45.3 Å². The summed E-state index contributed by atoms with van der Waals surface area (Å²) >= 11 is 0. The fraction of sp³-hybridized carbons (Fsp3) is 0.333. The lowest BCUT2D eigenvalue weighted by molar-refractivity contribution is -0.131. The smallest absolute Gasteiger partial charge is 0.273 e. The minimum absolute atomic E-state index is 0.0693. The number of nitrogens with zero attached hydrogens (tertiary/aromatic N) is 4. The molecule has 0 saturated carbocycles. The van der Waals surface area contributed by atoms with Gasteiger partial charge in [0.2, 0.25) is 5.91 Å². The molecule has 1 fully saturated rings. The van der Waals surface area contributed by atoms with Crippen LogP contribution in [0.1, 0.15) is 40.0 Å². The maximum atomic E-state index is 12.9. The van der Waals surface area contributed by atoms with E-state index in [1.54, 1.807) is 10.9 Å². The molecule has 1 aromatic heterocycles. The van der Waals surface area contributed by atoms with Crippen molar-refractivity contribution in [2.24, 2.45) is 0 Å². The van der Waals surface area contributed by atoms with Crippen molar-refractivity contribution in [1.82, 2.24) is 25.2 Å². The predicted octanol–water partition coefficient (Wildman–Crippen LogP) is 2.75. The van der Waals surface area contributed by atoms with Gasteiger partial charge in [-0.15, -0.1) is 5.10 Å². The van der Waals surface area contributed by atoms with Crippen LogP contribution < -0.4 is 5.32 Å². The van der Waals surface area contributed by atoms with E-state index in [1.807, 2.05) is 66.4 Å².